The maximum absolute atomic E-state index is 12.1. The Morgan fingerprint density at radius 3 is 2.72 bits per heavy atom. The lowest BCUT2D eigenvalue weighted by atomic mass is 10.1. The van der Waals surface area contributed by atoms with E-state index in [0.29, 0.717) is 13.2 Å². The van der Waals surface area contributed by atoms with E-state index in [0.717, 1.165) is 25.9 Å². The summed E-state index contributed by atoms with van der Waals surface area (Å²) in [6.07, 6.45) is 2.01. The molecule has 3 N–H and O–H groups in total. The summed E-state index contributed by atoms with van der Waals surface area (Å²) in [6.45, 7) is 8.86. The Kier molecular flexibility index (Phi) is 6.60. The van der Waals surface area contributed by atoms with Gasteiger partial charge in [-0.2, -0.15) is 0 Å². The fourth-order valence-corrected chi connectivity index (χ4v) is 2.22. The summed E-state index contributed by atoms with van der Waals surface area (Å²) in [5.74, 6) is 0.112. The first kappa shape index (κ1) is 15.4. The van der Waals surface area contributed by atoms with Crippen molar-refractivity contribution < 1.29 is 9.53 Å². The number of nitrogens with one attached hydrogen (secondary N) is 1. The maximum Gasteiger partial charge on any atom is 0.237 e. The zero-order chi connectivity index (χ0) is 13.5. The van der Waals surface area contributed by atoms with Crippen molar-refractivity contribution in [1.29, 1.82) is 0 Å². The summed E-state index contributed by atoms with van der Waals surface area (Å²) in [6, 6.07) is 0.176. The Balaban J connectivity index is 2.47. The number of nitrogens with two attached hydrogens (primary N) is 1. The van der Waals surface area contributed by atoms with E-state index in [4.69, 9.17) is 10.5 Å². The number of ether oxygens (including phenoxy) is 1. The van der Waals surface area contributed by atoms with Gasteiger partial charge in [-0.15, -0.1) is 0 Å². The fraction of sp³-hybridized carbons (Fsp3) is 0.923. The molecular formula is C13H27N3O2. The summed E-state index contributed by atoms with van der Waals surface area (Å²) in [7, 11) is 0. The molecule has 5 nitrogen and oxygen atoms in total. The third-order valence-corrected chi connectivity index (χ3v) is 3.69. The van der Waals surface area contributed by atoms with Gasteiger partial charge in [0.15, 0.2) is 0 Å². The molecule has 0 bridgehead atoms. The minimum atomic E-state index is -0.108. The first-order valence-corrected chi connectivity index (χ1v) is 6.98. The van der Waals surface area contributed by atoms with Gasteiger partial charge in [0.2, 0.25) is 5.91 Å². The van der Waals surface area contributed by atoms with Crippen LogP contribution in [0.2, 0.25) is 0 Å². The van der Waals surface area contributed by atoms with Crippen molar-refractivity contribution >= 4 is 5.91 Å². The van der Waals surface area contributed by atoms with E-state index in [2.05, 4.69) is 24.1 Å². The first-order chi connectivity index (χ1) is 8.62. The van der Waals surface area contributed by atoms with Crippen LogP contribution in [0, 0.1) is 0 Å². The quantitative estimate of drug-likeness (QED) is 0.720. The lowest BCUT2D eigenvalue weighted by Crippen LogP contribution is -2.54. The van der Waals surface area contributed by atoms with Gasteiger partial charge in [-0.25, -0.2) is 0 Å². The molecule has 0 spiro atoms. The predicted octanol–water partition coefficient (Wildman–Crippen LogP) is 0.339. The monoisotopic (exact) mass is 257 g/mol. The van der Waals surface area contributed by atoms with Gasteiger partial charge in [-0.1, -0.05) is 13.8 Å². The molecule has 5 heteroatoms. The van der Waals surface area contributed by atoms with Crippen molar-refractivity contribution in [2.45, 2.75) is 51.8 Å². The van der Waals surface area contributed by atoms with Crippen LogP contribution in [0.1, 0.15) is 33.6 Å². The number of hydrogen-bond acceptors (Lipinski definition) is 4. The van der Waals surface area contributed by atoms with E-state index in [1.54, 1.807) is 0 Å². The van der Waals surface area contributed by atoms with Crippen molar-refractivity contribution in [1.82, 2.24) is 10.2 Å². The van der Waals surface area contributed by atoms with E-state index < -0.39 is 0 Å². The van der Waals surface area contributed by atoms with E-state index in [9.17, 15) is 4.79 Å². The van der Waals surface area contributed by atoms with Crippen molar-refractivity contribution in [2.75, 3.05) is 26.2 Å². The zero-order valence-electron chi connectivity index (χ0n) is 11.8. The second kappa shape index (κ2) is 7.71. The molecule has 0 aromatic heterocycles. The highest BCUT2D eigenvalue weighted by atomic mass is 16.5. The van der Waals surface area contributed by atoms with Gasteiger partial charge in [0.05, 0.1) is 18.8 Å². The van der Waals surface area contributed by atoms with Gasteiger partial charge in [-0.05, 0) is 19.8 Å². The zero-order valence-corrected chi connectivity index (χ0v) is 11.8. The third kappa shape index (κ3) is 4.23. The van der Waals surface area contributed by atoms with Crippen molar-refractivity contribution in [3.8, 4) is 0 Å². The van der Waals surface area contributed by atoms with E-state index in [1.165, 1.54) is 0 Å². The molecule has 0 saturated carbocycles. The van der Waals surface area contributed by atoms with Crippen LogP contribution in [0.3, 0.4) is 0 Å². The molecule has 18 heavy (non-hydrogen) atoms. The first-order valence-electron chi connectivity index (χ1n) is 6.98. The number of carbonyl (C=O) groups excluding carboxylic acids is 1. The largest absolute Gasteiger partial charge is 0.374 e. The highest BCUT2D eigenvalue weighted by molar-refractivity contribution is 5.81. The molecule has 0 aromatic rings. The normalized spacial score (nSPS) is 23.1. The second-order valence-electron chi connectivity index (χ2n) is 4.92. The molecule has 1 rings (SSSR count). The van der Waals surface area contributed by atoms with E-state index in [1.807, 2.05) is 6.92 Å². The van der Waals surface area contributed by atoms with Gasteiger partial charge >= 0.3 is 0 Å². The fourth-order valence-electron chi connectivity index (χ4n) is 2.22. The molecule has 1 heterocycles. The summed E-state index contributed by atoms with van der Waals surface area (Å²) < 4.78 is 5.51. The van der Waals surface area contributed by atoms with Crippen LogP contribution in [0.25, 0.3) is 0 Å². The SMILES string of the molecule is CCC(CC)NC(=O)C(C)N1CCOC(CN)C1. The third-order valence-electron chi connectivity index (χ3n) is 3.69. The van der Waals surface area contributed by atoms with Crippen LogP contribution < -0.4 is 11.1 Å². The van der Waals surface area contributed by atoms with Gasteiger partial charge in [0, 0.05) is 25.7 Å². The Hall–Kier alpha value is -0.650. The maximum atomic E-state index is 12.1. The van der Waals surface area contributed by atoms with Crippen LogP contribution in [0.5, 0.6) is 0 Å². The number of morpholine rings is 1. The molecule has 0 radical (unpaired) electrons. The molecule has 1 amide bonds. The Morgan fingerprint density at radius 1 is 1.50 bits per heavy atom. The minimum Gasteiger partial charge on any atom is -0.374 e. The highest BCUT2D eigenvalue weighted by Crippen LogP contribution is 2.09. The van der Waals surface area contributed by atoms with Crippen molar-refractivity contribution in [2.24, 2.45) is 5.73 Å². The molecule has 1 aliphatic heterocycles. The van der Waals surface area contributed by atoms with Crippen molar-refractivity contribution in [3.05, 3.63) is 0 Å². The van der Waals surface area contributed by atoms with Gasteiger partial charge in [-0.3, -0.25) is 9.69 Å². The predicted molar refractivity (Wildman–Crippen MR) is 72.3 cm³/mol. The summed E-state index contributed by atoms with van der Waals surface area (Å²) in [5.41, 5.74) is 5.61. The summed E-state index contributed by atoms with van der Waals surface area (Å²) >= 11 is 0. The number of carbonyl (C=O) groups is 1. The lowest BCUT2D eigenvalue weighted by Gasteiger charge is -2.36. The van der Waals surface area contributed by atoms with Gasteiger partial charge in [0.25, 0.3) is 0 Å². The molecule has 2 unspecified atom stereocenters. The smallest absolute Gasteiger partial charge is 0.237 e. The van der Waals surface area contributed by atoms with E-state index >= 15 is 0 Å². The molecule has 1 saturated heterocycles. The number of hydrogen-bond donors (Lipinski definition) is 2. The Morgan fingerprint density at radius 2 is 2.17 bits per heavy atom. The topological polar surface area (TPSA) is 67.6 Å². The number of nitrogens with zero attached hydrogens (tertiary/aromatic N) is 1. The van der Waals surface area contributed by atoms with Crippen molar-refractivity contribution in [3.63, 3.8) is 0 Å². The molecule has 0 aliphatic carbocycles. The average Bonchev–Trinajstić information content (AvgIpc) is 2.43. The van der Waals surface area contributed by atoms with Gasteiger partial charge in [0.1, 0.15) is 0 Å². The molecule has 2 atom stereocenters. The van der Waals surface area contributed by atoms with E-state index in [-0.39, 0.29) is 24.1 Å². The minimum absolute atomic E-state index is 0.0575. The Bertz CT molecular complexity index is 257. The molecule has 1 fully saturated rings. The summed E-state index contributed by atoms with van der Waals surface area (Å²) in [5, 5.41) is 3.09. The Labute approximate surface area is 110 Å². The summed E-state index contributed by atoms with van der Waals surface area (Å²) in [4.78, 5) is 14.3. The second-order valence-corrected chi connectivity index (χ2v) is 4.92. The van der Waals surface area contributed by atoms with Crippen LogP contribution in [-0.4, -0.2) is 55.2 Å². The molecule has 1 aliphatic rings. The van der Waals surface area contributed by atoms with Crippen LogP contribution in [0.4, 0.5) is 0 Å². The van der Waals surface area contributed by atoms with Crippen LogP contribution in [-0.2, 0) is 9.53 Å². The number of rotatable bonds is 6. The standard InChI is InChI=1S/C13H27N3O2/c1-4-11(5-2)15-13(17)10(3)16-6-7-18-12(8-14)9-16/h10-12H,4-9,14H2,1-3H3,(H,15,17). The van der Waals surface area contributed by atoms with Gasteiger partial charge < -0.3 is 15.8 Å². The lowest BCUT2D eigenvalue weighted by molar-refractivity contribution is -0.129. The molecule has 0 aromatic carbocycles. The number of amides is 1. The van der Waals surface area contributed by atoms with Crippen LogP contribution >= 0.6 is 0 Å². The molecule has 106 valence electrons. The van der Waals surface area contributed by atoms with Crippen LogP contribution in [0.15, 0.2) is 0 Å². The molecular weight excluding hydrogens is 230 g/mol. The average molecular weight is 257 g/mol. The highest BCUT2D eigenvalue weighted by Gasteiger charge is 2.27.